The van der Waals surface area contributed by atoms with Crippen LogP contribution in [-0.2, 0) is 11.3 Å². The Morgan fingerprint density at radius 3 is 2.70 bits per heavy atom. The summed E-state index contributed by atoms with van der Waals surface area (Å²) in [5.74, 6) is 0.503. The van der Waals surface area contributed by atoms with Gasteiger partial charge in [-0.25, -0.2) is 4.98 Å². The van der Waals surface area contributed by atoms with Gasteiger partial charge in [0, 0.05) is 50.2 Å². The molecule has 0 atom stereocenters. The number of nitrogens with zero attached hydrogens (tertiary/aromatic N) is 3. The van der Waals surface area contributed by atoms with Gasteiger partial charge in [0.2, 0.25) is 5.91 Å². The quantitative estimate of drug-likeness (QED) is 0.350. The highest BCUT2D eigenvalue weighted by Crippen LogP contribution is 2.42. The molecular formula is C30H33N5O2. The first-order valence-electron chi connectivity index (χ1n) is 12.6. The molecule has 0 bridgehead atoms. The molecule has 2 aromatic carbocycles. The number of ether oxygens (including phenoxy) is 1. The number of aryl methyl sites for hydroxylation is 1. The molecule has 2 N–H and O–H groups in total. The Labute approximate surface area is 217 Å². The van der Waals surface area contributed by atoms with Crippen LogP contribution in [0, 0.1) is 6.92 Å². The number of benzene rings is 2. The summed E-state index contributed by atoms with van der Waals surface area (Å²) in [6.45, 7) is 10.8. The summed E-state index contributed by atoms with van der Waals surface area (Å²) < 4.78 is 5.75. The molecule has 1 aliphatic rings. The SMILES string of the molecule is C=CC(=O)Nc1cc(-c2c(-c3cccc(CN4CCN(C)CC4)c3)[nH]c3nccc(OC)c23)ccc1C. The van der Waals surface area contributed by atoms with E-state index >= 15 is 0 Å². The molecule has 4 aromatic rings. The molecule has 0 saturated carbocycles. The highest BCUT2D eigenvalue weighted by atomic mass is 16.5. The number of anilines is 1. The van der Waals surface area contributed by atoms with Crippen LogP contribution in [0.2, 0.25) is 0 Å². The fourth-order valence-electron chi connectivity index (χ4n) is 4.95. The lowest BCUT2D eigenvalue weighted by atomic mass is 9.96. The van der Waals surface area contributed by atoms with Gasteiger partial charge in [0.1, 0.15) is 11.4 Å². The maximum atomic E-state index is 12.1. The number of aromatic nitrogens is 2. The summed E-state index contributed by atoms with van der Waals surface area (Å²) in [7, 11) is 3.85. The van der Waals surface area contributed by atoms with E-state index in [0.29, 0.717) is 0 Å². The molecule has 0 radical (unpaired) electrons. The lowest BCUT2D eigenvalue weighted by molar-refractivity contribution is -0.111. The van der Waals surface area contributed by atoms with Gasteiger partial charge in [-0.3, -0.25) is 9.69 Å². The maximum Gasteiger partial charge on any atom is 0.247 e. The van der Waals surface area contributed by atoms with Gasteiger partial charge in [-0.1, -0.05) is 36.9 Å². The van der Waals surface area contributed by atoms with Crippen LogP contribution in [0.25, 0.3) is 33.4 Å². The topological polar surface area (TPSA) is 73.5 Å². The van der Waals surface area contributed by atoms with Crippen LogP contribution in [0.15, 0.2) is 67.4 Å². The molecule has 7 heteroatoms. The fourth-order valence-corrected chi connectivity index (χ4v) is 4.95. The van der Waals surface area contributed by atoms with Crippen LogP contribution in [0.1, 0.15) is 11.1 Å². The van der Waals surface area contributed by atoms with E-state index in [1.165, 1.54) is 11.6 Å². The zero-order chi connectivity index (χ0) is 25.9. The van der Waals surface area contributed by atoms with Crippen LogP contribution in [0.3, 0.4) is 0 Å². The van der Waals surface area contributed by atoms with E-state index in [1.54, 1.807) is 13.3 Å². The summed E-state index contributed by atoms with van der Waals surface area (Å²) >= 11 is 0. The Balaban J connectivity index is 1.62. The molecule has 0 aliphatic carbocycles. The number of rotatable bonds is 7. The summed E-state index contributed by atoms with van der Waals surface area (Å²) in [6, 6.07) is 16.7. The first-order chi connectivity index (χ1) is 18.0. The summed E-state index contributed by atoms with van der Waals surface area (Å²) in [5.41, 5.74) is 7.75. The van der Waals surface area contributed by atoms with Crippen molar-refractivity contribution in [2.75, 3.05) is 45.7 Å². The minimum absolute atomic E-state index is 0.241. The van der Waals surface area contributed by atoms with Crippen molar-refractivity contribution in [2.24, 2.45) is 0 Å². The lowest BCUT2D eigenvalue weighted by Crippen LogP contribution is -2.43. The largest absolute Gasteiger partial charge is 0.496 e. The van der Waals surface area contributed by atoms with Crippen molar-refractivity contribution >= 4 is 22.6 Å². The Morgan fingerprint density at radius 2 is 1.95 bits per heavy atom. The van der Waals surface area contributed by atoms with E-state index in [9.17, 15) is 4.79 Å². The van der Waals surface area contributed by atoms with Crippen molar-refractivity contribution < 1.29 is 9.53 Å². The number of carbonyl (C=O) groups excluding carboxylic acids is 1. The normalized spacial score (nSPS) is 14.6. The average molecular weight is 496 g/mol. The molecule has 1 saturated heterocycles. The van der Waals surface area contributed by atoms with Crippen molar-refractivity contribution in [3.05, 3.63) is 78.5 Å². The van der Waals surface area contributed by atoms with E-state index in [-0.39, 0.29) is 5.91 Å². The molecule has 37 heavy (non-hydrogen) atoms. The molecule has 190 valence electrons. The van der Waals surface area contributed by atoms with Crippen molar-refractivity contribution in [3.8, 4) is 28.1 Å². The van der Waals surface area contributed by atoms with Crippen molar-refractivity contribution in [2.45, 2.75) is 13.5 Å². The van der Waals surface area contributed by atoms with E-state index in [1.807, 2.05) is 25.1 Å². The van der Waals surface area contributed by atoms with E-state index in [0.717, 1.165) is 83.1 Å². The van der Waals surface area contributed by atoms with Gasteiger partial charge in [-0.15, -0.1) is 0 Å². The number of hydrogen-bond acceptors (Lipinski definition) is 5. The number of fused-ring (bicyclic) bond motifs is 1. The number of methoxy groups -OCH3 is 1. The molecule has 5 rings (SSSR count). The monoisotopic (exact) mass is 495 g/mol. The Bertz CT molecular complexity index is 1450. The predicted octanol–water partition coefficient (Wildman–Crippen LogP) is 5.09. The van der Waals surface area contributed by atoms with Crippen LogP contribution in [-0.4, -0.2) is 66.0 Å². The highest BCUT2D eigenvalue weighted by Gasteiger charge is 2.21. The second kappa shape index (κ2) is 10.6. The third-order valence-corrected chi connectivity index (χ3v) is 7.06. The molecule has 3 heterocycles. The molecule has 0 unspecified atom stereocenters. The molecule has 0 spiro atoms. The fraction of sp³-hybridized carbons (Fsp3) is 0.267. The van der Waals surface area contributed by atoms with E-state index in [4.69, 9.17) is 4.74 Å². The third-order valence-electron chi connectivity index (χ3n) is 7.06. The Hall–Kier alpha value is -3.94. The summed E-state index contributed by atoms with van der Waals surface area (Å²) in [6.07, 6.45) is 3.03. The van der Waals surface area contributed by atoms with Crippen LogP contribution < -0.4 is 10.1 Å². The second-order valence-electron chi connectivity index (χ2n) is 9.61. The highest BCUT2D eigenvalue weighted by molar-refractivity contribution is 6.07. The predicted molar refractivity (Wildman–Crippen MR) is 150 cm³/mol. The Morgan fingerprint density at radius 1 is 1.14 bits per heavy atom. The lowest BCUT2D eigenvalue weighted by Gasteiger charge is -2.32. The number of amides is 1. The smallest absolute Gasteiger partial charge is 0.247 e. The molecule has 1 fully saturated rings. The van der Waals surface area contributed by atoms with Gasteiger partial charge in [0.25, 0.3) is 0 Å². The number of likely N-dealkylation sites (N-methyl/N-ethyl adjacent to an activating group) is 1. The molecular weight excluding hydrogens is 462 g/mol. The molecule has 7 nitrogen and oxygen atoms in total. The number of piperazine rings is 1. The number of carbonyl (C=O) groups is 1. The van der Waals surface area contributed by atoms with Gasteiger partial charge in [-0.2, -0.15) is 0 Å². The molecule has 2 aromatic heterocycles. The average Bonchev–Trinajstić information content (AvgIpc) is 3.31. The molecule has 1 amide bonds. The Kier molecular flexibility index (Phi) is 7.08. The zero-order valence-corrected chi connectivity index (χ0v) is 21.7. The number of hydrogen-bond donors (Lipinski definition) is 2. The number of aromatic amines is 1. The number of nitrogens with one attached hydrogen (secondary N) is 2. The van der Waals surface area contributed by atoms with Crippen molar-refractivity contribution in [1.82, 2.24) is 19.8 Å². The zero-order valence-electron chi connectivity index (χ0n) is 21.7. The minimum Gasteiger partial charge on any atom is -0.496 e. The maximum absolute atomic E-state index is 12.1. The van der Waals surface area contributed by atoms with Gasteiger partial charge in [0.05, 0.1) is 18.2 Å². The van der Waals surface area contributed by atoms with E-state index < -0.39 is 0 Å². The summed E-state index contributed by atoms with van der Waals surface area (Å²) in [4.78, 5) is 25.1. The number of H-pyrrole nitrogens is 1. The van der Waals surface area contributed by atoms with Crippen LogP contribution in [0.5, 0.6) is 5.75 Å². The standard InChI is InChI=1S/C30H33N5O2/c1-5-26(36)32-24-18-22(10-9-20(24)2)27-28-25(37-4)11-12-31-30(28)33-29(27)23-8-6-7-21(17-23)19-35-15-13-34(3)14-16-35/h5-12,17-18H,1,13-16,19H2,2-4H3,(H,31,33)(H,32,36). The minimum atomic E-state index is -0.241. The first kappa shape index (κ1) is 24.7. The van der Waals surface area contributed by atoms with E-state index in [2.05, 4.69) is 69.0 Å². The first-order valence-corrected chi connectivity index (χ1v) is 12.6. The van der Waals surface area contributed by atoms with Gasteiger partial charge >= 0.3 is 0 Å². The van der Waals surface area contributed by atoms with Gasteiger partial charge < -0.3 is 19.9 Å². The van der Waals surface area contributed by atoms with Crippen molar-refractivity contribution in [3.63, 3.8) is 0 Å². The molecule has 1 aliphatic heterocycles. The third kappa shape index (κ3) is 5.14. The van der Waals surface area contributed by atoms with Gasteiger partial charge in [0.15, 0.2) is 0 Å². The van der Waals surface area contributed by atoms with Crippen LogP contribution in [0.4, 0.5) is 5.69 Å². The van der Waals surface area contributed by atoms with Crippen molar-refractivity contribution in [1.29, 1.82) is 0 Å². The number of pyridine rings is 1. The van der Waals surface area contributed by atoms with Crippen LogP contribution >= 0.6 is 0 Å². The second-order valence-corrected chi connectivity index (χ2v) is 9.61. The summed E-state index contributed by atoms with van der Waals surface area (Å²) in [5, 5.41) is 3.84. The van der Waals surface area contributed by atoms with Gasteiger partial charge in [-0.05, 0) is 60.5 Å².